The summed E-state index contributed by atoms with van der Waals surface area (Å²) in [5.74, 6) is 0.600. The Kier molecular flexibility index (Phi) is 4.98. The van der Waals surface area contributed by atoms with Gasteiger partial charge in [-0.15, -0.1) is 11.8 Å². The topological polar surface area (TPSA) is 82.0 Å². The van der Waals surface area contributed by atoms with Gasteiger partial charge in [-0.2, -0.15) is 5.26 Å². The molecule has 0 aliphatic carbocycles. The van der Waals surface area contributed by atoms with Gasteiger partial charge in [-0.3, -0.25) is 9.59 Å². The molecule has 82 valence electrons. The third kappa shape index (κ3) is 4.70. The second kappa shape index (κ2) is 6.30. The van der Waals surface area contributed by atoms with Gasteiger partial charge in [0, 0.05) is 19.0 Å². The number of nitrogens with one attached hydrogen (secondary N) is 2. The van der Waals surface area contributed by atoms with E-state index in [1.807, 2.05) is 6.07 Å². The van der Waals surface area contributed by atoms with Gasteiger partial charge in [0.15, 0.2) is 0 Å². The molecule has 0 saturated carbocycles. The summed E-state index contributed by atoms with van der Waals surface area (Å²) >= 11 is 1.29. The van der Waals surface area contributed by atoms with Crippen LogP contribution in [0.25, 0.3) is 0 Å². The Morgan fingerprint density at radius 2 is 2.53 bits per heavy atom. The molecule has 1 aliphatic heterocycles. The second-order valence-corrected chi connectivity index (χ2v) is 4.24. The van der Waals surface area contributed by atoms with Crippen LogP contribution in [-0.2, 0) is 9.59 Å². The van der Waals surface area contributed by atoms with Gasteiger partial charge in [0.25, 0.3) is 0 Å². The molecule has 1 heterocycles. The smallest absolute Gasteiger partial charge is 0.230 e. The fourth-order valence-corrected chi connectivity index (χ4v) is 1.78. The minimum absolute atomic E-state index is 0.0397. The van der Waals surface area contributed by atoms with Crippen molar-refractivity contribution in [3.8, 4) is 6.07 Å². The summed E-state index contributed by atoms with van der Waals surface area (Å²) in [6, 6.07) is 2.00. The van der Waals surface area contributed by atoms with Gasteiger partial charge in [-0.05, 0) is 6.42 Å². The summed E-state index contributed by atoms with van der Waals surface area (Å²) in [6.45, 7) is 0.507. The number of thioether (sulfide) groups is 1. The highest BCUT2D eigenvalue weighted by Crippen LogP contribution is 2.03. The van der Waals surface area contributed by atoms with E-state index in [9.17, 15) is 9.59 Å². The number of piperidine rings is 1. The van der Waals surface area contributed by atoms with E-state index in [4.69, 9.17) is 5.26 Å². The van der Waals surface area contributed by atoms with Crippen LogP contribution in [0.3, 0.4) is 0 Å². The van der Waals surface area contributed by atoms with Crippen LogP contribution < -0.4 is 10.6 Å². The lowest BCUT2D eigenvalue weighted by atomic mass is 10.1. The van der Waals surface area contributed by atoms with E-state index >= 15 is 0 Å². The van der Waals surface area contributed by atoms with Gasteiger partial charge in [0.2, 0.25) is 11.8 Å². The molecule has 6 heteroatoms. The number of hydrogen-bond acceptors (Lipinski definition) is 4. The van der Waals surface area contributed by atoms with Crippen LogP contribution in [-0.4, -0.2) is 35.9 Å². The minimum Gasteiger partial charge on any atom is -0.354 e. The molecule has 0 bridgehead atoms. The van der Waals surface area contributed by atoms with Crippen LogP contribution in [0.4, 0.5) is 0 Å². The van der Waals surface area contributed by atoms with Crippen LogP contribution in [0, 0.1) is 11.3 Å². The number of rotatable bonds is 4. The maximum atomic E-state index is 11.3. The average molecular weight is 227 g/mol. The fraction of sp³-hybridized carbons (Fsp3) is 0.667. The van der Waals surface area contributed by atoms with Crippen molar-refractivity contribution in [2.24, 2.45) is 0 Å². The van der Waals surface area contributed by atoms with E-state index in [-0.39, 0.29) is 17.9 Å². The molecule has 0 aromatic heterocycles. The molecule has 5 nitrogen and oxygen atoms in total. The van der Waals surface area contributed by atoms with Gasteiger partial charge in [0.1, 0.15) is 0 Å². The molecule has 2 N–H and O–H groups in total. The Labute approximate surface area is 92.6 Å². The highest BCUT2D eigenvalue weighted by Gasteiger charge is 2.19. The first-order chi connectivity index (χ1) is 7.22. The average Bonchev–Trinajstić information content (AvgIpc) is 2.22. The lowest BCUT2D eigenvalue weighted by Crippen LogP contribution is -2.48. The van der Waals surface area contributed by atoms with Crippen molar-refractivity contribution in [3.05, 3.63) is 0 Å². The zero-order chi connectivity index (χ0) is 11.1. The van der Waals surface area contributed by atoms with E-state index in [2.05, 4.69) is 10.6 Å². The van der Waals surface area contributed by atoms with Crippen molar-refractivity contribution in [2.45, 2.75) is 18.9 Å². The van der Waals surface area contributed by atoms with Crippen LogP contribution in [0.2, 0.25) is 0 Å². The summed E-state index contributed by atoms with van der Waals surface area (Å²) in [4.78, 5) is 22.2. The Morgan fingerprint density at radius 1 is 1.73 bits per heavy atom. The van der Waals surface area contributed by atoms with E-state index < -0.39 is 0 Å². The van der Waals surface area contributed by atoms with Gasteiger partial charge < -0.3 is 10.6 Å². The first-order valence-electron chi connectivity index (χ1n) is 4.73. The molecule has 1 unspecified atom stereocenters. The third-order valence-electron chi connectivity index (χ3n) is 2.03. The van der Waals surface area contributed by atoms with Crippen molar-refractivity contribution in [1.82, 2.24) is 10.6 Å². The third-order valence-corrected chi connectivity index (χ3v) is 2.83. The molecular weight excluding hydrogens is 214 g/mol. The summed E-state index contributed by atoms with van der Waals surface area (Å²) in [5.41, 5.74) is 0. The first kappa shape index (κ1) is 11.9. The molecule has 1 aliphatic rings. The van der Waals surface area contributed by atoms with E-state index in [0.29, 0.717) is 30.9 Å². The maximum Gasteiger partial charge on any atom is 0.230 e. The van der Waals surface area contributed by atoms with E-state index in [0.717, 1.165) is 0 Å². The molecule has 0 aromatic carbocycles. The molecule has 15 heavy (non-hydrogen) atoms. The number of hydrogen-bond donors (Lipinski definition) is 2. The Bertz CT molecular complexity index is 278. The van der Waals surface area contributed by atoms with Crippen molar-refractivity contribution in [1.29, 1.82) is 5.26 Å². The molecule has 1 saturated heterocycles. The lowest BCUT2D eigenvalue weighted by molar-refractivity contribution is -0.124. The summed E-state index contributed by atoms with van der Waals surface area (Å²) in [6.07, 6.45) is 1.16. The lowest BCUT2D eigenvalue weighted by Gasteiger charge is -2.23. The quantitative estimate of drug-likeness (QED) is 0.642. The number of carbonyl (C=O) groups excluding carboxylic acids is 2. The van der Waals surface area contributed by atoms with Crippen molar-refractivity contribution in [2.75, 3.05) is 18.1 Å². The Hall–Kier alpha value is -1.22. The fourth-order valence-electron chi connectivity index (χ4n) is 1.31. The van der Waals surface area contributed by atoms with Crippen LogP contribution in [0.15, 0.2) is 0 Å². The highest BCUT2D eigenvalue weighted by molar-refractivity contribution is 8.00. The minimum atomic E-state index is -0.0728. The van der Waals surface area contributed by atoms with Gasteiger partial charge >= 0.3 is 0 Å². The maximum absolute atomic E-state index is 11.3. The predicted molar refractivity (Wildman–Crippen MR) is 57.1 cm³/mol. The molecular formula is C9H13N3O2S. The molecule has 1 rings (SSSR count). The molecule has 0 aromatic rings. The molecule has 2 amide bonds. The molecule has 0 radical (unpaired) electrons. The largest absolute Gasteiger partial charge is 0.354 e. The SMILES string of the molecule is N#CCSCC(=O)NC1CCC(=O)NC1. The van der Waals surface area contributed by atoms with Crippen molar-refractivity contribution in [3.63, 3.8) is 0 Å². The normalized spacial score (nSPS) is 20.2. The molecule has 1 fully saturated rings. The van der Waals surface area contributed by atoms with Gasteiger partial charge in [-0.1, -0.05) is 0 Å². The standard InChI is InChI=1S/C9H13N3O2S/c10-3-4-15-6-9(14)12-7-1-2-8(13)11-5-7/h7H,1-2,4-6H2,(H,11,13)(H,12,14). The summed E-state index contributed by atoms with van der Waals surface area (Å²) in [7, 11) is 0. The molecule has 1 atom stereocenters. The number of amides is 2. The predicted octanol–water partition coefficient (Wildman–Crippen LogP) is -0.362. The number of nitrogens with zero attached hydrogens (tertiary/aromatic N) is 1. The Morgan fingerprint density at radius 3 is 3.13 bits per heavy atom. The summed E-state index contributed by atoms with van der Waals surface area (Å²) in [5, 5.41) is 13.8. The van der Waals surface area contributed by atoms with Crippen LogP contribution in [0.1, 0.15) is 12.8 Å². The van der Waals surface area contributed by atoms with Crippen molar-refractivity contribution < 1.29 is 9.59 Å². The first-order valence-corrected chi connectivity index (χ1v) is 5.88. The highest BCUT2D eigenvalue weighted by atomic mass is 32.2. The molecule has 0 spiro atoms. The van der Waals surface area contributed by atoms with E-state index in [1.165, 1.54) is 11.8 Å². The zero-order valence-electron chi connectivity index (χ0n) is 8.28. The van der Waals surface area contributed by atoms with Crippen LogP contribution >= 0.6 is 11.8 Å². The summed E-state index contributed by atoms with van der Waals surface area (Å²) < 4.78 is 0. The Balaban J connectivity index is 2.15. The van der Waals surface area contributed by atoms with Crippen LogP contribution in [0.5, 0.6) is 0 Å². The zero-order valence-corrected chi connectivity index (χ0v) is 9.10. The monoisotopic (exact) mass is 227 g/mol. The van der Waals surface area contributed by atoms with Gasteiger partial charge in [-0.25, -0.2) is 0 Å². The van der Waals surface area contributed by atoms with E-state index in [1.54, 1.807) is 0 Å². The number of nitriles is 1. The number of carbonyl (C=O) groups is 2. The second-order valence-electron chi connectivity index (χ2n) is 3.26. The van der Waals surface area contributed by atoms with Gasteiger partial charge in [0.05, 0.1) is 17.6 Å². The van der Waals surface area contributed by atoms with Crippen molar-refractivity contribution >= 4 is 23.6 Å².